The molecule has 2 N–H and O–H groups in total. The minimum absolute atomic E-state index is 0.524. The summed E-state index contributed by atoms with van der Waals surface area (Å²) in [6.07, 6.45) is 3.47. The van der Waals surface area contributed by atoms with Crippen molar-refractivity contribution >= 4 is 29.7 Å². The number of hydrogen-bond acceptors (Lipinski definition) is 3. The molecule has 0 aromatic carbocycles. The van der Waals surface area contributed by atoms with E-state index in [0.717, 1.165) is 6.61 Å². The number of nitrogens with one attached hydrogen (secondary N) is 2. The maximum atomic E-state index is 7.33. The lowest BCUT2D eigenvalue weighted by atomic mass is 10.4. The lowest BCUT2D eigenvalue weighted by Gasteiger charge is -2.15. The van der Waals surface area contributed by atoms with Crippen molar-refractivity contribution in [1.29, 1.82) is 5.41 Å². The summed E-state index contributed by atoms with van der Waals surface area (Å²) in [5, 5.41) is 10.9. The van der Waals surface area contributed by atoms with Crippen LogP contribution in [0.3, 0.4) is 0 Å². The predicted octanol–water partition coefficient (Wildman–Crippen LogP) is 2.82. The van der Waals surface area contributed by atoms with Crippen LogP contribution in [0.1, 0.15) is 0 Å². The molecule has 0 fully saturated rings. The highest BCUT2D eigenvalue weighted by Gasteiger charge is 2.11. The first-order chi connectivity index (χ1) is 6.95. The summed E-state index contributed by atoms with van der Waals surface area (Å²) in [7, 11) is -0.960. The molecule has 0 saturated heterocycles. The van der Waals surface area contributed by atoms with Crippen LogP contribution in [0.15, 0.2) is 12.3 Å². The van der Waals surface area contributed by atoms with Crippen LogP contribution >= 0.6 is 15.9 Å². The van der Waals surface area contributed by atoms with Crippen LogP contribution in [0, 0.1) is 5.41 Å². The third-order valence-corrected chi connectivity index (χ3v) is 4.04. The van der Waals surface area contributed by atoms with Gasteiger partial charge in [-0.2, -0.15) is 0 Å². The normalized spacial score (nSPS) is 12.0. The Morgan fingerprint density at radius 1 is 1.47 bits per heavy atom. The number of rotatable bonds is 8. The van der Waals surface area contributed by atoms with Crippen molar-refractivity contribution in [2.45, 2.75) is 25.7 Å². The van der Waals surface area contributed by atoms with Gasteiger partial charge in [0.25, 0.3) is 0 Å². The summed E-state index contributed by atoms with van der Waals surface area (Å²) in [5.74, 6) is 0. The average Bonchev–Trinajstić information content (AvgIpc) is 2.14. The van der Waals surface area contributed by atoms with Crippen molar-refractivity contribution in [3.63, 3.8) is 0 Å². The number of ether oxygens (including phenoxy) is 1. The molecule has 0 bridgehead atoms. The van der Waals surface area contributed by atoms with Gasteiger partial charge in [-0.05, 0) is 12.1 Å². The Morgan fingerprint density at radius 3 is 2.67 bits per heavy atom. The number of hydrogen-bond donors (Lipinski definition) is 2. The van der Waals surface area contributed by atoms with E-state index in [4.69, 9.17) is 10.1 Å². The van der Waals surface area contributed by atoms with Gasteiger partial charge < -0.3 is 15.5 Å². The van der Waals surface area contributed by atoms with E-state index in [1.54, 1.807) is 12.3 Å². The predicted molar refractivity (Wildman–Crippen MR) is 72.8 cm³/mol. The van der Waals surface area contributed by atoms with Gasteiger partial charge >= 0.3 is 0 Å². The van der Waals surface area contributed by atoms with E-state index in [1.165, 1.54) is 6.04 Å². The van der Waals surface area contributed by atoms with Gasteiger partial charge in [-0.3, -0.25) is 0 Å². The van der Waals surface area contributed by atoms with Gasteiger partial charge in [0.05, 0.1) is 0 Å². The fraction of sp³-hybridized carbons (Fsp3) is 0.700. The van der Waals surface area contributed by atoms with Gasteiger partial charge in [0.2, 0.25) is 0 Å². The van der Waals surface area contributed by atoms with E-state index in [2.05, 4.69) is 40.9 Å². The van der Waals surface area contributed by atoms with E-state index >= 15 is 0 Å². The molecule has 0 aliphatic rings. The van der Waals surface area contributed by atoms with Crippen LogP contribution in [-0.4, -0.2) is 32.5 Å². The number of allylic oxidation sites excluding steroid dienone is 1. The minimum Gasteiger partial charge on any atom is -0.369 e. The molecule has 0 rings (SSSR count). The quantitative estimate of drug-likeness (QED) is 0.238. The second-order valence-corrected chi connectivity index (χ2v) is 10.7. The van der Waals surface area contributed by atoms with Crippen molar-refractivity contribution in [1.82, 2.24) is 5.32 Å². The molecule has 3 nitrogen and oxygen atoms in total. The van der Waals surface area contributed by atoms with Crippen LogP contribution in [0.2, 0.25) is 25.7 Å². The summed E-state index contributed by atoms with van der Waals surface area (Å²) in [6.45, 7) is 8.35. The summed E-state index contributed by atoms with van der Waals surface area (Å²) in [4.78, 5) is 0. The molecule has 0 aromatic rings. The lowest BCUT2D eigenvalue weighted by molar-refractivity contribution is 0.137. The Kier molecular flexibility index (Phi) is 8.00. The zero-order valence-corrected chi connectivity index (χ0v) is 12.4. The van der Waals surface area contributed by atoms with Crippen molar-refractivity contribution in [3.05, 3.63) is 12.3 Å². The van der Waals surface area contributed by atoms with Crippen molar-refractivity contribution < 1.29 is 4.74 Å². The van der Waals surface area contributed by atoms with Gasteiger partial charge in [-0.25, -0.2) is 0 Å². The molecule has 0 aliphatic carbocycles. The van der Waals surface area contributed by atoms with E-state index in [9.17, 15) is 0 Å². The number of halogens is 1. The molecule has 0 unspecified atom stereocenters. The van der Waals surface area contributed by atoms with Crippen LogP contribution in [0.4, 0.5) is 0 Å². The largest absolute Gasteiger partial charge is 0.369 e. The Morgan fingerprint density at radius 2 is 2.13 bits per heavy atom. The van der Waals surface area contributed by atoms with E-state index in [0.29, 0.717) is 17.8 Å². The minimum atomic E-state index is -0.960. The summed E-state index contributed by atoms with van der Waals surface area (Å²) < 4.78 is 5.42. The summed E-state index contributed by atoms with van der Waals surface area (Å²) in [5.41, 5.74) is 0.546. The smallest absolute Gasteiger partial charge is 0.116 e. The van der Waals surface area contributed by atoms with Gasteiger partial charge in [0, 0.05) is 31.9 Å². The monoisotopic (exact) mass is 292 g/mol. The van der Waals surface area contributed by atoms with Crippen LogP contribution in [0.5, 0.6) is 0 Å². The molecule has 0 heterocycles. The van der Waals surface area contributed by atoms with Gasteiger partial charge in [-0.15, -0.1) is 0 Å². The second-order valence-electron chi connectivity index (χ2n) is 4.56. The molecule has 0 aromatic heterocycles. The SMILES string of the molecule is C[Si](C)(C)CCOCN/C=C\C(=N)CBr. The first-order valence-electron chi connectivity index (χ1n) is 5.07. The van der Waals surface area contributed by atoms with Gasteiger partial charge in [0.1, 0.15) is 6.73 Å². The second kappa shape index (κ2) is 8.07. The van der Waals surface area contributed by atoms with Crippen molar-refractivity contribution in [3.8, 4) is 0 Å². The van der Waals surface area contributed by atoms with E-state index < -0.39 is 8.07 Å². The molecule has 0 amide bonds. The molecule has 0 atom stereocenters. The maximum Gasteiger partial charge on any atom is 0.116 e. The molecular formula is C10H21BrN2OSi. The Balaban J connectivity index is 3.33. The van der Waals surface area contributed by atoms with E-state index in [1.807, 2.05) is 0 Å². The zero-order chi connectivity index (χ0) is 11.7. The maximum absolute atomic E-state index is 7.33. The fourth-order valence-corrected chi connectivity index (χ4v) is 1.71. The fourth-order valence-electron chi connectivity index (χ4n) is 0.762. The first kappa shape index (κ1) is 14.9. The first-order valence-corrected chi connectivity index (χ1v) is 9.89. The standard InChI is InChI=1S/C10H21BrN2OSi/c1-15(2,3)7-6-14-9-13-5-4-10(12)8-11/h4-5,12-13H,6-9H2,1-3H3/b5-4-,12-10?. The van der Waals surface area contributed by atoms with E-state index in [-0.39, 0.29) is 0 Å². The van der Waals surface area contributed by atoms with Gasteiger partial charge in [0.15, 0.2) is 0 Å². The van der Waals surface area contributed by atoms with Crippen molar-refractivity contribution in [2.75, 3.05) is 18.7 Å². The highest BCUT2D eigenvalue weighted by molar-refractivity contribution is 9.09. The summed E-state index contributed by atoms with van der Waals surface area (Å²) in [6, 6.07) is 1.19. The third kappa shape index (κ3) is 11.8. The molecule has 88 valence electrons. The molecule has 0 radical (unpaired) electrons. The van der Waals surface area contributed by atoms with Crippen LogP contribution in [0.25, 0.3) is 0 Å². The topological polar surface area (TPSA) is 45.1 Å². The van der Waals surface area contributed by atoms with Crippen molar-refractivity contribution in [2.24, 2.45) is 0 Å². The van der Waals surface area contributed by atoms with Gasteiger partial charge in [-0.1, -0.05) is 35.6 Å². The average molecular weight is 293 g/mol. The number of alkyl halides is 1. The Bertz CT molecular complexity index is 214. The molecule has 5 heteroatoms. The third-order valence-electron chi connectivity index (χ3n) is 1.73. The molecule has 0 spiro atoms. The molecule has 0 saturated carbocycles. The molecule has 15 heavy (non-hydrogen) atoms. The molecular weight excluding hydrogens is 272 g/mol. The highest BCUT2D eigenvalue weighted by Crippen LogP contribution is 2.06. The summed E-state index contributed by atoms with van der Waals surface area (Å²) >= 11 is 3.20. The molecule has 0 aliphatic heterocycles. The van der Waals surface area contributed by atoms with Crippen LogP contribution < -0.4 is 5.32 Å². The highest BCUT2D eigenvalue weighted by atomic mass is 79.9. The zero-order valence-electron chi connectivity index (χ0n) is 9.77. The Hall–Kier alpha value is -0.133. The lowest BCUT2D eigenvalue weighted by Crippen LogP contribution is -2.23. The Labute approximate surface area is 102 Å². The van der Waals surface area contributed by atoms with Crippen LogP contribution in [-0.2, 0) is 4.74 Å².